The van der Waals surface area contributed by atoms with Crippen LogP contribution in [0.5, 0.6) is 0 Å². The molecule has 204 valence electrons. The summed E-state index contributed by atoms with van der Waals surface area (Å²) in [5.74, 6) is 1.03. The van der Waals surface area contributed by atoms with E-state index in [0.29, 0.717) is 6.54 Å². The van der Waals surface area contributed by atoms with Crippen molar-refractivity contribution in [3.05, 3.63) is 152 Å². The number of benzene rings is 3. The molecule has 0 fully saturated rings. The zero-order chi connectivity index (χ0) is 28.6. The number of pyridine rings is 3. The molecule has 5 heteroatoms. The number of rotatable bonds is 5. The Hall–Kier alpha value is -5.81. The maximum Gasteiger partial charge on any atom is 0.111 e. The summed E-state index contributed by atoms with van der Waals surface area (Å²) >= 11 is 0. The number of nitrogens with one attached hydrogen (secondary N) is 1. The van der Waals surface area contributed by atoms with E-state index < -0.39 is 0 Å². The average molecular weight is 554 g/mol. The standard InChI is InChI=1S/C38H27N5/c1-2-8-26(9-3-1)27-13-15-28(16-14-27)30-22-34(42-35(23-30)33-11-6-7-20-40-33)29-17-18-38(41-24-29)43-36-12-5-4-10-31(36)32-25-39-21-19-37(32)43/h1-23,25,41H,24H2. The van der Waals surface area contributed by atoms with Gasteiger partial charge in [0, 0.05) is 35.9 Å². The third-order valence-electron chi connectivity index (χ3n) is 8.02. The number of para-hydroxylation sites is 1. The minimum atomic E-state index is 0.649. The van der Waals surface area contributed by atoms with E-state index in [2.05, 4.69) is 123 Å². The van der Waals surface area contributed by atoms with Gasteiger partial charge < -0.3 is 5.32 Å². The number of nitrogens with zero attached hydrogens (tertiary/aromatic N) is 4. The highest BCUT2D eigenvalue weighted by molar-refractivity contribution is 6.09. The number of dihydropyridines is 1. The van der Waals surface area contributed by atoms with Crippen LogP contribution in [-0.4, -0.2) is 26.1 Å². The molecule has 0 bridgehead atoms. The van der Waals surface area contributed by atoms with E-state index in [4.69, 9.17) is 4.98 Å². The fraction of sp³-hybridized carbons (Fsp3) is 0.0263. The minimum absolute atomic E-state index is 0.649. The van der Waals surface area contributed by atoms with Crippen molar-refractivity contribution in [2.45, 2.75) is 0 Å². The van der Waals surface area contributed by atoms with Gasteiger partial charge in [-0.15, -0.1) is 0 Å². The van der Waals surface area contributed by atoms with Gasteiger partial charge in [0.2, 0.25) is 0 Å². The Balaban J connectivity index is 1.21. The summed E-state index contributed by atoms with van der Waals surface area (Å²) in [5, 5.41) is 6.01. The van der Waals surface area contributed by atoms with Gasteiger partial charge in [0.1, 0.15) is 5.82 Å². The topological polar surface area (TPSA) is 55.6 Å². The first-order valence-corrected chi connectivity index (χ1v) is 14.4. The second-order valence-corrected chi connectivity index (χ2v) is 10.6. The molecule has 8 rings (SSSR count). The zero-order valence-electron chi connectivity index (χ0n) is 23.4. The highest BCUT2D eigenvalue weighted by Gasteiger charge is 2.17. The maximum absolute atomic E-state index is 5.09. The van der Waals surface area contributed by atoms with Crippen molar-refractivity contribution in [2.24, 2.45) is 0 Å². The van der Waals surface area contributed by atoms with Crippen molar-refractivity contribution >= 4 is 33.2 Å². The van der Waals surface area contributed by atoms with Crippen molar-refractivity contribution in [3.63, 3.8) is 0 Å². The van der Waals surface area contributed by atoms with Gasteiger partial charge in [-0.1, -0.05) is 84.9 Å². The lowest BCUT2D eigenvalue weighted by Gasteiger charge is -2.20. The van der Waals surface area contributed by atoms with E-state index in [1.165, 1.54) is 16.5 Å². The van der Waals surface area contributed by atoms with Crippen LogP contribution in [-0.2, 0) is 0 Å². The van der Waals surface area contributed by atoms with Gasteiger partial charge in [0.15, 0.2) is 0 Å². The second-order valence-electron chi connectivity index (χ2n) is 10.6. The number of allylic oxidation sites excluding steroid dienone is 2. The molecule has 0 atom stereocenters. The Morgan fingerprint density at radius 3 is 2.07 bits per heavy atom. The summed E-state index contributed by atoms with van der Waals surface area (Å²) in [5.41, 5.74) is 10.7. The van der Waals surface area contributed by atoms with Crippen LogP contribution in [0, 0.1) is 0 Å². The van der Waals surface area contributed by atoms with Crippen LogP contribution in [0.25, 0.3) is 66.8 Å². The van der Waals surface area contributed by atoms with Crippen molar-refractivity contribution < 1.29 is 0 Å². The van der Waals surface area contributed by atoms with Crippen LogP contribution < -0.4 is 5.32 Å². The van der Waals surface area contributed by atoms with Crippen LogP contribution >= 0.6 is 0 Å². The van der Waals surface area contributed by atoms with E-state index in [1.807, 2.05) is 42.9 Å². The molecule has 5 heterocycles. The van der Waals surface area contributed by atoms with E-state index in [1.54, 1.807) is 0 Å². The number of hydrogen-bond donors (Lipinski definition) is 1. The van der Waals surface area contributed by atoms with Gasteiger partial charge >= 0.3 is 0 Å². The molecule has 0 aliphatic carbocycles. The molecule has 43 heavy (non-hydrogen) atoms. The van der Waals surface area contributed by atoms with Crippen LogP contribution in [0.15, 0.2) is 146 Å². The van der Waals surface area contributed by atoms with Crippen molar-refractivity contribution in [2.75, 3.05) is 6.54 Å². The third-order valence-corrected chi connectivity index (χ3v) is 8.02. The fourth-order valence-electron chi connectivity index (χ4n) is 5.88. The molecular weight excluding hydrogens is 526 g/mol. The lowest BCUT2D eigenvalue weighted by molar-refractivity contribution is 0.928. The first kappa shape index (κ1) is 24.9. The number of aromatic nitrogens is 4. The average Bonchev–Trinajstić information content (AvgIpc) is 3.43. The molecular formula is C38H27N5. The molecule has 1 N–H and O–H groups in total. The number of hydrogen-bond acceptors (Lipinski definition) is 4. The summed E-state index contributed by atoms with van der Waals surface area (Å²) < 4.78 is 2.27. The number of fused-ring (bicyclic) bond motifs is 3. The van der Waals surface area contributed by atoms with E-state index >= 15 is 0 Å². The molecule has 1 aliphatic heterocycles. The molecule has 0 saturated heterocycles. The van der Waals surface area contributed by atoms with Crippen molar-refractivity contribution in [1.29, 1.82) is 0 Å². The first-order valence-electron chi connectivity index (χ1n) is 14.4. The Bertz CT molecular complexity index is 2110. The quantitative estimate of drug-likeness (QED) is 0.232. The lowest BCUT2D eigenvalue weighted by Crippen LogP contribution is -2.22. The largest absolute Gasteiger partial charge is 0.367 e. The molecule has 3 aromatic carbocycles. The van der Waals surface area contributed by atoms with E-state index in [0.717, 1.165) is 56.0 Å². The smallest absolute Gasteiger partial charge is 0.111 e. The van der Waals surface area contributed by atoms with Crippen LogP contribution in [0.1, 0.15) is 5.69 Å². The Kier molecular flexibility index (Phi) is 6.12. The van der Waals surface area contributed by atoms with Crippen LogP contribution in [0.4, 0.5) is 0 Å². The lowest BCUT2D eigenvalue weighted by atomic mass is 9.98. The van der Waals surface area contributed by atoms with Gasteiger partial charge in [0.25, 0.3) is 0 Å². The fourth-order valence-corrected chi connectivity index (χ4v) is 5.88. The van der Waals surface area contributed by atoms with Crippen molar-refractivity contribution in [3.8, 4) is 33.6 Å². The summed E-state index contributed by atoms with van der Waals surface area (Å²) in [6.07, 6.45) is 9.94. The molecule has 1 aliphatic rings. The summed E-state index contributed by atoms with van der Waals surface area (Å²) in [4.78, 5) is 14.1. The highest BCUT2D eigenvalue weighted by Crippen LogP contribution is 2.33. The predicted octanol–water partition coefficient (Wildman–Crippen LogP) is 8.47. The van der Waals surface area contributed by atoms with Gasteiger partial charge in [-0.2, -0.15) is 0 Å². The molecule has 5 nitrogen and oxygen atoms in total. The van der Waals surface area contributed by atoms with E-state index in [-0.39, 0.29) is 0 Å². The normalized spacial score (nSPS) is 13.0. The first-order chi connectivity index (χ1) is 21.3. The molecule has 0 radical (unpaired) electrons. The predicted molar refractivity (Wildman–Crippen MR) is 176 cm³/mol. The minimum Gasteiger partial charge on any atom is -0.367 e. The highest BCUT2D eigenvalue weighted by atomic mass is 15.1. The SMILES string of the molecule is C1=C(c2cc(-c3ccc(-c4ccccc4)cc3)cc(-c3ccccn3)n2)CNC(n2c3ccccc3c3cnccc32)=C1. The summed E-state index contributed by atoms with van der Waals surface area (Å²) in [6, 6.07) is 40.0. The maximum atomic E-state index is 5.09. The van der Waals surface area contributed by atoms with Crippen LogP contribution in [0.3, 0.4) is 0 Å². The molecule has 0 spiro atoms. The zero-order valence-corrected chi connectivity index (χ0v) is 23.4. The second kappa shape index (κ2) is 10.5. The van der Waals surface area contributed by atoms with Gasteiger partial charge in [-0.3, -0.25) is 14.5 Å². The van der Waals surface area contributed by atoms with Gasteiger partial charge in [-0.05, 0) is 70.3 Å². The summed E-state index contributed by atoms with van der Waals surface area (Å²) in [6.45, 7) is 0.649. The van der Waals surface area contributed by atoms with Gasteiger partial charge in [-0.25, -0.2) is 4.98 Å². The molecule has 7 aromatic rings. The molecule has 0 unspecified atom stereocenters. The van der Waals surface area contributed by atoms with Crippen molar-refractivity contribution in [1.82, 2.24) is 24.8 Å². The van der Waals surface area contributed by atoms with Gasteiger partial charge in [0.05, 0.1) is 28.1 Å². The monoisotopic (exact) mass is 553 g/mol. The Morgan fingerprint density at radius 1 is 0.558 bits per heavy atom. The summed E-state index contributed by atoms with van der Waals surface area (Å²) in [7, 11) is 0. The van der Waals surface area contributed by atoms with E-state index in [9.17, 15) is 0 Å². The molecule has 0 amide bonds. The third kappa shape index (κ3) is 4.57. The molecule has 0 saturated carbocycles. The van der Waals surface area contributed by atoms with Crippen LogP contribution in [0.2, 0.25) is 0 Å². The Labute approximate surface area is 249 Å². The molecule has 4 aromatic heterocycles. The Morgan fingerprint density at radius 2 is 1.28 bits per heavy atom.